The highest BCUT2D eigenvalue weighted by molar-refractivity contribution is 5.89. The molecule has 3 aromatic rings. The number of aromatic nitrogens is 4. The lowest BCUT2D eigenvalue weighted by Crippen LogP contribution is -2.47. The predicted molar refractivity (Wildman–Crippen MR) is 105 cm³/mol. The molecule has 1 aliphatic rings. The van der Waals surface area contributed by atoms with Crippen LogP contribution in [0.15, 0.2) is 36.7 Å². The van der Waals surface area contributed by atoms with E-state index in [2.05, 4.69) is 36.9 Å². The molecular weight excluding hydrogens is 326 g/mol. The third-order valence-electron chi connectivity index (χ3n) is 4.65. The van der Waals surface area contributed by atoms with E-state index in [0.717, 1.165) is 60.4 Å². The Labute approximate surface area is 153 Å². The highest BCUT2D eigenvalue weighted by Gasteiger charge is 2.21. The van der Waals surface area contributed by atoms with E-state index in [9.17, 15) is 0 Å². The van der Waals surface area contributed by atoms with Crippen molar-refractivity contribution in [3.05, 3.63) is 42.4 Å². The molecule has 3 heterocycles. The second-order valence-electron chi connectivity index (χ2n) is 6.75. The monoisotopic (exact) mass is 349 g/mol. The number of anilines is 3. The van der Waals surface area contributed by atoms with Gasteiger partial charge in [0.05, 0.1) is 5.52 Å². The molecule has 4 rings (SSSR count). The zero-order valence-corrected chi connectivity index (χ0v) is 15.4. The molecule has 0 aliphatic carbocycles. The van der Waals surface area contributed by atoms with E-state index < -0.39 is 0 Å². The van der Waals surface area contributed by atoms with Crippen LogP contribution in [0.4, 0.5) is 17.6 Å². The Balaban J connectivity index is 1.54. The van der Waals surface area contributed by atoms with Gasteiger partial charge in [0.1, 0.15) is 18.0 Å². The van der Waals surface area contributed by atoms with Crippen molar-refractivity contribution < 1.29 is 0 Å². The van der Waals surface area contributed by atoms with Crippen LogP contribution in [-0.4, -0.2) is 60.2 Å². The molecule has 1 aromatic carbocycles. The molecule has 0 saturated carbocycles. The molecule has 1 fully saturated rings. The first-order valence-electron chi connectivity index (χ1n) is 8.84. The zero-order chi connectivity index (χ0) is 18.1. The van der Waals surface area contributed by atoms with Crippen LogP contribution in [0.1, 0.15) is 5.69 Å². The van der Waals surface area contributed by atoms with Crippen LogP contribution in [0.25, 0.3) is 10.9 Å². The molecule has 26 heavy (non-hydrogen) atoms. The number of benzene rings is 1. The summed E-state index contributed by atoms with van der Waals surface area (Å²) >= 11 is 0. The fourth-order valence-corrected chi connectivity index (χ4v) is 3.29. The standard InChI is InChI=1S/C19H23N7/c1-14-12-17(23-19(22-14)24(2)3)25-8-10-26(11-9-25)18-15-6-4-5-7-16(15)20-13-21-18/h4-7,12-13H,8-11H2,1-3H3. The van der Waals surface area contributed by atoms with Gasteiger partial charge in [0.15, 0.2) is 0 Å². The minimum atomic E-state index is 0.754. The van der Waals surface area contributed by atoms with E-state index in [1.165, 1.54) is 0 Å². The topological polar surface area (TPSA) is 61.3 Å². The summed E-state index contributed by atoms with van der Waals surface area (Å²) in [6, 6.07) is 10.2. The molecule has 0 unspecified atom stereocenters. The maximum atomic E-state index is 4.70. The lowest BCUT2D eigenvalue weighted by molar-refractivity contribution is 0.641. The van der Waals surface area contributed by atoms with Crippen molar-refractivity contribution >= 4 is 28.5 Å². The minimum Gasteiger partial charge on any atom is -0.353 e. The Bertz CT molecular complexity index is 911. The van der Waals surface area contributed by atoms with Gasteiger partial charge >= 0.3 is 0 Å². The van der Waals surface area contributed by atoms with E-state index >= 15 is 0 Å². The second-order valence-corrected chi connectivity index (χ2v) is 6.75. The largest absolute Gasteiger partial charge is 0.353 e. The summed E-state index contributed by atoms with van der Waals surface area (Å²) in [7, 11) is 3.94. The molecule has 7 nitrogen and oxygen atoms in total. The van der Waals surface area contributed by atoms with Crippen molar-refractivity contribution in [1.82, 2.24) is 19.9 Å². The molecule has 1 aliphatic heterocycles. The molecule has 7 heteroatoms. The Morgan fingerprint density at radius 3 is 2.42 bits per heavy atom. The molecule has 0 N–H and O–H groups in total. The maximum Gasteiger partial charge on any atom is 0.226 e. The van der Waals surface area contributed by atoms with Gasteiger partial charge in [-0.2, -0.15) is 4.98 Å². The van der Waals surface area contributed by atoms with Crippen LogP contribution >= 0.6 is 0 Å². The third kappa shape index (κ3) is 3.12. The zero-order valence-electron chi connectivity index (χ0n) is 15.4. The summed E-state index contributed by atoms with van der Waals surface area (Å²) in [5.41, 5.74) is 1.98. The fraction of sp³-hybridized carbons (Fsp3) is 0.368. The van der Waals surface area contributed by atoms with Gasteiger partial charge in [-0.15, -0.1) is 0 Å². The molecule has 2 aromatic heterocycles. The Morgan fingerprint density at radius 2 is 1.65 bits per heavy atom. The summed E-state index contributed by atoms with van der Waals surface area (Å²) in [5, 5.41) is 1.11. The van der Waals surface area contributed by atoms with Gasteiger partial charge in [-0.1, -0.05) is 12.1 Å². The lowest BCUT2D eigenvalue weighted by Gasteiger charge is -2.36. The van der Waals surface area contributed by atoms with Gasteiger partial charge in [-0.05, 0) is 19.1 Å². The molecule has 134 valence electrons. The van der Waals surface area contributed by atoms with Gasteiger partial charge in [0, 0.05) is 57.4 Å². The number of nitrogens with zero attached hydrogens (tertiary/aromatic N) is 7. The number of hydrogen-bond donors (Lipinski definition) is 0. The third-order valence-corrected chi connectivity index (χ3v) is 4.65. The van der Waals surface area contributed by atoms with Gasteiger partial charge < -0.3 is 14.7 Å². The van der Waals surface area contributed by atoms with Crippen LogP contribution in [0.3, 0.4) is 0 Å². The van der Waals surface area contributed by atoms with E-state index in [1.807, 2.05) is 44.1 Å². The summed E-state index contributed by atoms with van der Waals surface area (Å²) in [4.78, 5) is 24.7. The first kappa shape index (κ1) is 16.5. The minimum absolute atomic E-state index is 0.754. The van der Waals surface area contributed by atoms with Crippen molar-refractivity contribution in [2.24, 2.45) is 0 Å². The number of fused-ring (bicyclic) bond motifs is 1. The smallest absolute Gasteiger partial charge is 0.226 e. The van der Waals surface area contributed by atoms with E-state index in [-0.39, 0.29) is 0 Å². The van der Waals surface area contributed by atoms with Crippen molar-refractivity contribution in [2.45, 2.75) is 6.92 Å². The SMILES string of the molecule is Cc1cc(N2CCN(c3ncnc4ccccc34)CC2)nc(N(C)C)n1. The van der Waals surface area contributed by atoms with Gasteiger partial charge in [0.25, 0.3) is 0 Å². The Morgan fingerprint density at radius 1 is 0.923 bits per heavy atom. The first-order chi connectivity index (χ1) is 12.6. The average Bonchev–Trinajstić information content (AvgIpc) is 2.67. The van der Waals surface area contributed by atoms with E-state index in [1.54, 1.807) is 6.33 Å². The average molecular weight is 349 g/mol. The molecular formula is C19H23N7. The summed E-state index contributed by atoms with van der Waals surface area (Å²) < 4.78 is 0. The van der Waals surface area contributed by atoms with Crippen LogP contribution in [-0.2, 0) is 0 Å². The molecule has 0 amide bonds. The molecule has 1 saturated heterocycles. The lowest BCUT2D eigenvalue weighted by atomic mass is 10.2. The van der Waals surface area contributed by atoms with Crippen molar-refractivity contribution in [2.75, 3.05) is 55.0 Å². The number of piperazine rings is 1. The van der Waals surface area contributed by atoms with Crippen LogP contribution in [0.2, 0.25) is 0 Å². The number of aryl methyl sites for hydroxylation is 1. The van der Waals surface area contributed by atoms with Crippen molar-refractivity contribution in [3.8, 4) is 0 Å². The second kappa shape index (κ2) is 6.74. The highest BCUT2D eigenvalue weighted by atomic mass is 15.3. The van der Waals surface area contributed by atoms with Crippen molar-refractivity contribution in [1.29, 1.82) is 0 Å². The van der Waals surface area contributed by atoms with Gasteiger partial charge in [0.2, 0.25) is 5.95 Å². The Hall–Kier alpha value is -2.96. The van der Waals surface area contributed by atoms with Gasteiger partial charge in [-0.25, -0.2) is 15.0 Å². The Kier molecular flexibility index (Phi) is 4.28. The number of para-hydroxylation sites is 1. The van der Waals surface area contributed by atoms with Crippen LogP contribution in [0.5, 0.6) is 0 Å². The number of hydrogen-bond acceptors (Lipinski definition) is 7. The summed E-state index contributed by atoms with van der Waals surface area (Å²) in [5.74, 6) is 2.76. The number of rotatable bonds is 3. The molecule has 0 spiro atoms. The fourth-order valence-electron chi connectivity index (χ4n) is 3.29. The van der Waals surface area contributed by atoms with Crippen LogP contribution in [0, 0.1) is 6.92 Å². The van der Waals surface area contributed by atoms with Crippen molar-refractivity contribution in [3.63, 3.8) is 0 Å². The maximum absolute atomic E-state index is 4.70. The first-order valence-corrected chi connectivity index (χ1v) is 8.84. The van der Waals surface area contributed by atoms with E-state index in [4.69, 9.17) is 4.98 Å². The molecule has 0 radical (unpaired) electrons. The predicted octanol–water partition coefficient (Wildman–Crippen LogP) is 2.12. The normalized spacial score (nSPS) is 14.7. The molecule has 0 bridgehead atoms. The summed E-state index contributed by atoms with van der Waals surface area (Å²) in [6.45, 7) is 5.63. The van der Waals surface area contributed by atoms with Crippen LogP contribution < -0.4 is 14.7 Å². The highest BCUT2D eigenvalue weighted by Crippen LogP contribution is 2.25. The summed E-state index contributed by atoms with van der Waals surface area (Å²) in [6.07, 6.45) is 1.65. The molecule has 0 atom stereocenters. The van der Waals surface area contributed by atoms with Gasteiger partial charge in [-0.3, -0.25) is 0 Å². The van der Waals surface area contributed by atoms with E-state index in [0.29, 0.717) is 0 Å². The quantitative estimate of drug-likeness (QED) is 0.718.